The topological polar surface area (TPSA) is 46.5 Å². The zero-order valence-corrected chi connectivity index (χ0v) is 9.91. The monoisotopic (exact) mass is 212 g/mol. The van der Waals surface area contributed by atoms with Gasteiger partial charge in [0.05, 0.1) is 19.1 Å². The molecule has 0 saturated heterocycles. The van der Waals surface area contributed by atoms with E-state index >= 15 is 0 Å². The van der Waals surface area contributed by atoms with Gasteiger partial charge in [0.2, 0.25) is 0 Å². The smallest absolute Gasteiger partial charge is 0.311 e. The van der Waals surface area contributed by atoms with Gasteiger partial charge in [-0.25, -0.2) is 0 Å². The molecule has 0 spiro atoms. The molecule has 0 aromatic carbocycles. The zero-order valence-electron chi connectivity index (χ0n) is 9.91. The second-order valence-corrected chi connectivity index (χ2v) is 5.78. The number of esters is 1. The molecule has 2 rings (SSSR count). The minimum atomic E-state index is -0.543. The van der Waals surface area contributed by atoms with Crippen LogP contribution in [0, 0.1) is 22.7 Å². The second kappa shape index (κ2) is 2.97. The van der Waals surface area contributed by atoms with Crippen molar-refractivity contribution in [1.29, 1.82) is 0 Å². The van der Waals surface area contributed by atoms with Gasteiger partial charge in [-0.05, 0) is 29.6 Å². The third-order valence-electron chi connectivity index (χ3n) is 5.27. The van der Waals surface area contributed by atoms with Crippen molar-refractivity contribution < 1.29 is 14.6 Å². The lowest BCUT2D eigenvalue weighted by Gasteiger charge is -2.36. The first-order valence-corrected chi connectivity index (χ1v) is 5.62. The van der Waals surface area contributed by atoms with Crippen LogP contribution in [0.2, 0.25) is 0 Å². The second-order valence-electron chi connectivity index (χ2n) is 5.78. The number of carbonyl (C=O) groups excluding carboxylic acids is 1. The average molecular weight is 212 g/mol. The molecule has 2 fully saturated rings. The van der Waals surface area contributed by atoms with Gasteiger partial charge >= 0.3 is 5.97 Å². The van der Waals surface area contributed by atoms with E-state index in [2.05, 4.69) is 20.8 Å². The van der Waals surface area contributed by atoms with Gasteiger partial charge < -0.3 is 9.84 Å². The molecule has 2 bridgehead atoms. The predicted octanol–water partition coefficient (Wildman–Crippen LogP) is 1.59. The fraction of sp³-hybridized carbons (Fsp3) is 0.917. The van der Waals surface area contributed by atoms with Crippen molar-refractivity contribution in [3.05, 3.63) is 0 Å². The molecule has 4 atom stereocenters. The van der Waals surface area contributed by atoms with Crippen LogP contribution >= 0.6 is 0 Å². The maximum atomic E-state index is 11.7. The molecule has 0 aliphatic heterocycles. The van der Waals surface area contributed by atoms with Crippen molar-refractivity contribution >= 4 is 5.97 Å². The van der Waals surface area contributed by atoms with E-state index in [1.807, 2.05) is 0 Å². The van der Waals surface area contributed by atoms with Gasteiger partial charge in [0, 0.05) is 0 Å². The number of aliphatic hydroxyl groups excluding tert-OH is 1. The standard InChI is InChI=1S/C12H20O3/c1-11(2)7-5-6-12(11,3)9(13)8(7)10(14)15-4/h7-9,13H,5-6H2,1-4H3/t7-,8+,9-,12+/m0/s1. The molecule has 0 heterocycles. The van der Waals surface area contributed by atoms with Gasteiger partial charge in [-0.2, -0.15) is 0 Å². The van der Waals surface area contributed by atoms with Gasteiger partial charge in [-0.3, -0.25) is 4.79 Å². The number of fused-ring (bicyclic) bond motifs is 2. The molecule has 2 saturated carbocycles. The Kier molecular flexibility index (Phi) is 2.16. The zero-order chi connectivity index (χ0) is 11.4. The summed E-state index contributed by atoms with van der Waals surface area (Å²) in [6.07, 6.45) is 1.50. The first-order valence-electron chi connectivity index (χ1n) is 5.62. The number of methoxy groups -OCH3 is 1. The molecule has 15 heavy (non-hydrogen) atoms. The first kappa shape index (κ1) is 10.9. The maximum Gasteiger partial charge on any atom is 0.311 e. The highest BCUT2D eigenvalue weighted by molar-refractivity contribution is 5.74. The highest BCUT2D eigenvalue weighted by Crippen LogP contribution is 2.67. The van der Waals surface area contributed by atoms with Gasteiger partial charge in [0.15, 0.2) is 0 Å². The van der Waals surface area contributed by atoms with E-state index in [-0.39, 0.29) is 28.6 Å². The van der Waals surface area contributed by atoms with Crippen molar-refractivity contribution in [3.8, 4) is 0 Å². The maximum absolute atomic E-state index is 11.7. The van der Waals surface area contributed by atoms with Gasteiger partial charge in [0.1, 0.15) is 0 Å². The van der Waals surface area contributed by atoms with E-state index < -0.39 is 6.10 Å². The molecule has 86 valence electrons. The van der Waals surface area contributed by atoms with Crippen LogP contribution in [0.15, 0.2) is 0 Å². The van der Waals surface area contributed by atoms with E-state index in [1.165, 1.54) is 7.11 Å². The van der Waals surface area contributed by atoms with Crippen molar-refractivity contribution in [2.24, 2.45) is 22.7 Å². The third-order valence-corrected chi connectivity index (χ3v) is 5.27. The SMILES string of the molecule is COC(=O)[C@@H]1[C@@H]2CC[C@](C)([C@H]1O)C2(C)C. The minimum absolute atomic E-state index is 0.0330. The van der Waals surface area contributed by atoms with E-state index in [4.69, 9.17) is 4.74 Å². The Morgan fingerprint density at radius 2 is 2.00 bits per heavy atom. The number of hydrogen-bond acceptors (Lipinski definition) is 3. The summed E-state index contributed by atoms with van der Waals surface area (Å²) in [6.45, 7) is 6.42. The van der Waals surface area contributed by atoms with Crippen LogP contribution in [0.25, 0.3) is 0 Å². The molecule has 3 nitrogen and oxygen atoms in total. The molecular formula is C12H20O3. The third kappa shape index (κ3) is 1.07. The predicted molar refractivity (Wildman–Crippen MR) is 56.1 cm³/mol. The summed E-state index contributed by atoms with van der Waals surface area (Å²) < 4.78 is 4.80. The van der Waals surface area contributed by atoms with Crippen LogP contribution < -0.4 is 0 Å². The lowest BCUT2D eigenvalue weighted by molar-refractivity contribution is -0.153. The molecular weight excluding hydrogens is 192 g/mol. The summed E-state index contributed by atoms with van der Waals surface area (Å²) in [5.74, 6) is -0.294. The summed E-state index contributed by atoms with van der Waals surface area (Å²) in [7, 11) is 1.40. The summed E-state index contributed by atoms with van der Waals surface area (Å²) >= 11 is 0. The molecule has 0 radical (unpaired) electrons. The Bertz CT molecular complexity index is 297. The number of hydrogen-bond donors (Lipinski definition) is 1. The number of rotatable bonds is 1. The van der Waals surface area contributed by atoms with Crippen LogP contribution in [-0.4, -0.2) is 24.3 Å². The molecule has 0 amide bonds. The Balaban J connectivity index is 2.38. The van der Waals surface area contributed by atoms with Crippen molar-refractivity contribution in [2.45, 2.75) is 39.7 Å². The van der Waals surface area contributed by atoms with Crippen LogP contribution in [0.3, 0.4) is 0 Å². The van der Waals surface area contributed by atoms with Crippen LogP contribution in [0.4, 0.5) is 0 Å². The Hall–Kier alpha value is -0.570. The number of aliphatic hydroxyl groups is 1. The molecule has 2 aliphatic rings. The van der Waals surface area contributed by atoms with Crippen molar-refractivity contribution in [2.75, 3.05) is 7.11 Å². The van der Waals surface area contributed by atoms with E-state index in [1.54, 1.807) is 0 Å². The Morgan fingerprint density at radius 3 is 2.40 bits per heavy atom. The van der Waals surface area contributed by atoms with E-state index in [9.17, 15) is 9.90 Å². The lowest BCUT2D eigenvalue weighted by Crippen LogP contribution is -2.40. The summed E-state index contributed by atoms with van der Waals surface area (Å²) in [6, 6.07) is 0. The van der Waals surface area contributed by atoms with Gasteiger partial charge in [-0.1, -0.05) is 20.8 Å². The number of ether oxygens (including phenoxy) is 1. The highest BCUT2D eigenvalue weighted by atomic mass is 16.5. The molecule has 0 aromatic rings. The Labute approximate surface area is 90.8 Å². The molecule has 1 N–H and O–H groups in total. The first-order chi connectivity index (χ1) is 6.86. The van der Waals surface area contributed by atoms with Crippen LogP contribution in [0.5, 0.6) is 0 Å². The largest absolute Gasteiger partial charge is 0.469 e. The Morgan fingerprint density at radius 1 is 1.40 bits per heavy atom. The van der Waals surface area contributed by atoms with Gasteiger partial charge in [-0.15, -0.1) is 0 Å². The summed E-state index contributed by atoms with van der Waals surface area (Å²) in [5, 5.41) is 10.3. The lowest BCUT2D eigenvalue weighted by atomic mass is 9.70. The van der Waals surface area contributed by atoms with E-state index in [0.717, 1.165) is 12.8 Å². The normalized spacial score (nSPS) is 46.9. The summed E-state index contributed by atoms with van der Waals surface area (Å²) in [5.41, 5.74) is -0.0954. The fourth-order valence-corrected chi connectivity index (χ4v) is 3.76. The van der Waals surface area contributed by atoms with Crippen molar-refractivity contribution in [1.82, 2.24) is 0 Å². The molecule has 3 heteroatoms. The molecule has 0 aromatic heterocycles. The van der Waals surface area contributed by atoms with Crippen LogP contribution in [-0.2, 0) is 9.53 Å². The number of carbonyl (C=O) groups is 1. The fourth-order valence-electron chi connectivity index (χ4n) is 3.76. The molecule has 0 unspecified atom stereocenters. The van der Waals surface area contributed by atoms with E-state index in [0.29, 0.717) is 0 Å². The average Bonchev–Trinajstić information content (AvgIpc) is 2.48. The van der Waals surface area contributed by atoms with Crippen LogP contribution in [0.1, 0.15) is 33.6 Å². The highest BCUT2D eigenvalue weighted by Gasteiger charge is 2.67. The minimum Gasteiger partial charge on any atom is -0.469 e. The van der Waals surface area contributed by atoms with Crippen molar-refractivity contribution in [3.63, 3.8) is 0 Å². The summed E-state index contributed by atoms with van der Waals surface area (Å²) in [4.78, 5) is 11.7. The van der Waals surface area contributed by atoms with Gasteiger partial charge in [0.25, 0.3) is 0 Å². The molecule has 2 aliphatic carbocycles. The quantitative estimate of drug-likeness (QED) is 0.671.